The number of likely N-dealkylation sites (N-methyl/N-ethyl adjacent to an activating group) is 1. The second-order valence-electron chi connectivity index (χ2n) is 5.48. The van der Waals surface area contributed by atoms with Gasteiger partial charge >= 0.3 is 0 Å². The van der Waals surface area contributed by atoms with E-state index in [1.165, 1.54) is 0 Å². The van der Waals surface area contributed by atoms with E-state index in [4.69, 9.17) is 5.73 Å². The Morgan fingerprint density at radius 2 is 1.72 bits per heavy atom. The average Bonchev–Trinajstić information content (AvgIpc) is 2.26. The summed E-state index contributed by atoms with van der Waals surface area (Å²) in [6.45, 7) is 7.98. The van der Waals surface area contributed by atoms with Gasteiger partial charge in [0.05, 0.1) is 0 Å². The van der Waals surface area contributed by atoms with Gasteiger partial charge in [0.15, 0.2) is 0 Å². The lowest BCUT2D eigenvalue weighted by Crippen LogP contribution is -2.48. The van der Waals surface area contributed by atoms with Crippen LogP contribution in [-0.2, 0) is 9.59 Å². The Balaban J connectivity index is 4.39. The van der Waals surface area contributed by atoms with Gasteiger partial charge in [-0.05, 0) is 18.3 Å². The fourth-order valence-electron chi connectivity index (χ4n) is 1.58. The molecule has 4 N–H and O–H groups in total. The monoisotopic (exact) mass is 257 g/mol. The molecule has 0 saturated heterocycles. The van der Waals surface area contributed by atoms with Gasteiger partial charge in [0, 0.05) is 19.5 Å². The number of carbonyl (C=O) groups is 2. The van der Waals surface area contributed by atoms with Gasteiger partial charge < -0.3 is 16.4 Å². The lowest BCUT2D eigenvalue weighted by molar-refractivity contribution is -0.129. The molecule has 0 aliphatic carbocycles. The van der Waals surface area contributed by atoms with Gasteiger partial charge in [0.1, 0.15) is 6.04 Å². The molecule has 18 heavy (non-hydrogen) atoms. The van der Waals surface area contributed by atoms with Gasteiger partial charge in [-0.15, -0.1) is 0 Å². The van der Waals surface area contributed by atoms with Crippen LogP contribution in [0, 0.1) is 11.8 Å². The van der Waals surface area contributed by atoms with E-state index in [1.807, 2.05) is 27.7 Å². The van der Waals surface area contributed by atoms with Gasteiger partial charge in [-0.2, -0.15) is 0 Å². The summed E-state index contributed by atoms with van der Waals surface area (Å²) in [5.74, 6) is 0.270. The summed E-state index contributed by atoms with van der Waals surface area (Å²) in [5, 5.41) is 5.32. The summed E-state index contributed by atoms with van der Waals surface area (Å²) in [4.78, 5) is 23.4. The normalized spacial score (nSPS) is 14.4. The second kappa shape index (κ2) is 8.08. The fraction of sp³-hybridized carbons (Fsp3) is 0.846. The average molecular weight is 257 g/mol. The molecule has 0 rings (SSSR count). The quantitative estimate of drug-likeness (QED) is 0.625. The van der Waals surface area contributed by atoms with Crippen LogP contribution in [0.4, 0.5) is 0 Å². The molecule has 0 aliphatic rings. The molecule has 0 bridgehead atoms. The van der Waals surface area contributed by atoms with E-state index in [0.717, 1.165) is 0 Å². The summed E-state index contributed by atoms with van der Waals surface area (Å²) < 4.78 is 0. The number of rotatable bonds is 7. The number of nitrogens with two attached hydrogens (primary N) is 1. The zero-order valence-corrected chi connectivity index (χ0v) is 12.1. The molecule has 5 nitrogen and oxygen atoms in total. The van der Waals surface area contributed by atoms with Crippen molar-refractivity contribution >= 4 is 11.8 Å². The highest BCUT2D eigenvalue weighted by Crippen LogP contribution is 2.07. The summed E-state index contributed by atoms with van der Waals surface area (Å²) >= 11 is 0. The maximum atomic E-state index is 11.8. The molecule has 0 saturated carbocycles. The number of hydrogen-bond acceptors (Lipinski definition) is 3. The van der Waals surface area contributed by atoms with Crippen molar-refractivity contribution in [2.45, 2.75) is 52.6 Å². The van der Waals surface area contributed by atoms with Gasteiger partial charge in [-0.25, -0.2) is 0 Å². The lowest BCUT2D eigenvalue weighted by atomic mass is 10.00. The molecule has 5 heteroatoms. The van der Waals surface area contributed by atoms with Crippen molar-refractivity contribution in [1.29, 1.82) is 0 Å². The summed E-state index contributed by atoms with van der Waals surface area (Å²) in [6.07, 6.45) is 0.881. The zero-order valence-electron chi connectivity index (χ0n) is 12.1. The molecule has 2 amide bonds. The van der Waals surface area contributed by atoms with Crippen molar-refractivity contribution in [1.82, 2.24) is 10.6 Å². The predicted molar refractivity (Wildman–Crippen MR) is 72.9 cm³/mol. The van der Waals surface area contributed by atoms with E-state index in [0.29, 0.717) is 12.3 Å². The maximum absolute atomic E-state index is 11.8. The number of hydrogen-bond donors (Lipinski definition) is 3. The maximum Gasteiger partial charge on any atom is 0.242 e. The first kappa shape index (κ1) is 16.9. The van der Waals surface area contributed by atoms with Crippen LogP contribution in [0.2, 0.25) is 0 Å². The Hall–Kier alpha value is -1.10. The minimum atomic E-state index is -0.470. The molecule has 106 valence electrons. The largest absolute Gasteiger partial charge is 0.357 e. The Kier molecular flexibility index (Phi) is 7.59. The van der Waals surface area contributed by atoms with Crippen molar-refractivity contribution in [2.24, 2.45) is 17.6 Å². The van der Waals surface area contributed by atoms with Crippen molar-refractivity contribution in [3.05, 3.63) is 0 Å². The molecule has 0 aromatic rings. The van der Waals surface area contributed by atoms with Crippen LogP contribution in [0.5, 0.6) is 0 Å². The molecule has 0 heterocycles. The van der Waals surface area contributed by atoms with Gasteiger partial charge in [0.2, 0.25) is 11.8 Å². The first-order chi connectivity index (χ1) is 8.27. The minimum Gasteiger partial charge on any atom is -0.357 e. The fourth-order valence-corrected chi connectivity index (χ4v) is 1.58. The van der Waals surface area contributed by atoms with Crippen LogP contribution >= 0.6 is 0 Å². The Labute approximate surface area is 110 Å². The van der Waals surface area contributed by atoms with Gasteiger partial charge in [0.25, 0.3) is 0 Å². The standard InChI is InChI=1S/C13H27N3O2/c1-8(2)6-11(13(18)15-5)16-12(17)7-10(14)9(3)4/h8-11H,6-7,14H2,1-5H3,(H,15,18)(H,16,17). The Morgan fingerprint density at radius 1 is 1.17 bits per heavy atom. The van der Waals surface area contributed by atoms with Gasteiger partial charge in [-0.1, -0.05) is 27.7 Å². The van der Waals surface area contributed by atoms with Crippen molar-refractivity contribution in [2.75, 3.05) is 7.05 Å². The van der Waals surface area contributed by atoms with Gasteiger partial charge in [-0.3, -0.25) is 9.59 Å². The molecule has 0 spiro atoms. The van der Waals surface area contributed by atoms with Crippen molar-refractivity contribution < 1.29 is 9.59 Å². The third-order valence-corrected chi connectivity index (χ3v) is 2.88. The van der Waals surface area contributed by atoms with Crippen molar-refractivity contribution in [3.63, 3.8) is 0 Å². The topological polar surface area (TPSA) is 84.2 Å². The van der Waals surface area contributed by atoms with E-state index >= 15 is 0 Å². The van der Waals surface area contributed by atoms with E-state index in [-0.39, 0.29) is 30.2 Å². The molecule has 2 atom stereocenters. The predicted octanol–water partition coefficient (Wildman–Crippen LogP) is 0.637. The van der Waals surface area contributed by atoms with E-state index in [9.17, 15) is 9.59 Å². The number of nitrogens with one attached hydrogen (secondary N) is 2. The van der Waals surface area contributed by atoms with Crippen LogP contribution in [0.1, 0.15) is 40.5 Å². The van der Waals surface area contributed by atoms with Crippen LogP contribution in [0.25, 0.3) is 0 Å². The molecule has 2 unspecified atom stereocenters. The summed E-state index contributed by atoms with van der Waals surface area (Å²) in [5.41, 5.74) is 5.84. The molecule has 0 aliphatic heterocycles. The molecule has 0 fully saturated rings. The first-order valence-corrected chi connectivity index (χ1v) is 6.54. The molecular weight excluding hydrogens is 230 g/mol. The van der Waals surface area contributed by atoms with Crippen LogP contribution in [-0.4, -0.2) is 30.9 Å². The van der Waals surface area contributed by atoms with E-state index in [2.05, 4.69) is 10.6 Å². The lowest BCUT2D eigenvalue weighted by Gasteiger charge is -2.21. The molecule has 0 aromatic heterocycles. The summed E-state index contributed by atoms with van der Waals surface area (Å²) in [7, 11) is 1.57. The summed E-state index contributed by atoms with van der Waals surface area (Å²) in [6, 6.07) is -0.642. The SMILES string of the molecule is CNC(=O)C(CC(C)C)NC(=O)CC(N)C(C)C. The molecular formula is C13H27N3O2. The zero-order chi connectivity index (χ0) is 14.3. The first-order valence-electron chi connectivity index (χ1n) is 6.54. The van der Waals surface area contributed by atoms with Crippen LogP contribution in [0.15, 0.2) is 0 Å². The smallest absolute Gasteiger partial charge is 0.242 e. The Bertz CT molecular complexity index is 277. The molecule has 0 aromatic carbocycles. The molecule has 0 radical (unpaired) electrons. The van der Waals surface area contributed by atoms with E-state index in [1.54, 1.807) is 7.05 Å². The highest BCUT2D eigenvalue weighted by atomic mass is 16.2. The van der Waals surface area contributed by atoms with Crippen molar-refractivity contribution in [3.8, 4) is 0 Å². The number of carbonyl (C=O) groups excluding carboxylic acids is 2. The Morgan fingerprint density at radius 3 is 2.11 bits per heavy atom. The van der Waals surface area contributed by atoms with Crippen LogP contribution in [0.3, 0.4) is 0 Å². The van der Waals surface area contributed by atoms with E-state index < -0.39 is 6.04 Å². The highest BCUT2D eigenvalue weighted by molar-refractivity contribution is 5.87. The second-order valence-corrected chi connectivity index (χ2v) is 5.48. The minimum absolute atomic E-state index is 0.157. The van der Waals surface area contributed by atoms with Crippen LogP contribution < -0.4 is 16.4 Å². The highest BCUT2D eigenvalue weighted by Gasteiger charge is 2.22. The third-order valence-electron chi connectivity index (χ3n) is 2.88. The number of amides is 2. The third kappa shape index (κ3) is 6.59.